The average molecular weight is 221 g/mol. The van der Waals surface area contributed by atoms with E-state index in [0.717, 1.165) is 25.7 Å². The molecule has 0 spiro atoms. The Kier molecular flexibility index (Phi) is 3.46. The molecule has 0 radical (unpaired) electrons. The second-order valence-electron chi connectivity index (χ2n) is 4.06. The Morgan fingerprint density at radius 1 is 1.38 bits per heavy atom. The van der Waals surface area contributed by atoms with E-state index in [1.807, 2.05) is 0 Å². The minimum Gasteiger partial charge on any atom is -0.391 e. The van der Waals surface area contributed by atoms with E-state index in [-0.39, 0.29) is 11.9 Å². The highest BCUT2D eigenvalue weighted by Crippen LogP contribution is 2.18. The SMILES string of the molecule is O=C(N[C@@H]1CCCC[C@H]1O)c1ccnnc1. The van der Waals surface area contributed by atoms with Crippen LogP contribution in [0, 0.1) is 0 Å². The molecule has 5 heteroatoms. The fourth-order valence-electron chi connectivity index (χ4n) is 1.96. The van der Waals surface area contributed by atoms with Crippen LogP contribution in [-0.2, 0) is 0 Å². The van der Waals surface area contributed by atoms with E-state index in [9.17, 15) is 9.90 Å². The summed E-state index contributed by atoms with van der Waals surface area (Å²) in [7, 11) is 0. The van der Waals surface area contributed by atoms with Crippen LogP contribution in [0.25, 0.3) is 0 Å². The second-order valence-corrected chi connectivity index (χ2v) is 4.06. The molecule has 1 aliphatic carbocycles. The number of aliphatic hydroxyl groups excluding tert-OH is 1. The number of aliphatic hydroxyl groups is 1. The van der Waals surface area contributed by atoms with E-state index in [1.54, 1.807) is 6.07 Å². The third-order valence-corrected chi connectivity index (χ3v) is 2.89. The molecule has 0 bridgehead atoms. The van der Waals surface area contributed by atoms with E-state index >= 15 is 0 Å². The van der Waals surface area contributed by atoms with Gasteiger partial charge in [-0.05, 0) is 18.9 Å². The molecule has 1 saturated carbocycles. The Morgan fingerprint density at radius 2 is 2.19 bits per heavy atom. The lowest BCUT2D eigenvalue weighted by molar-refractivity contribution is 0.0717. The van der Waals surface area contributed by atoms with Gasteiger partial charge in [0, 0.05) is 0 Å². The van der Waals surface area contributed by atoms with Gasteiger partial charge >= 0.3 is 0 Å². The fourth-order valence-corrected chi connectivity index (χ4v) is 1.96. The molecule has 16 heavy (non-hydrogen) atoms. The molecule has 2 rings (SSSR count). The van der Waals surface area contributed by atoms with E-state index in [4.69, 9.17) is 0 Å². The number of rotatable bonds is 2. The number of nitrogens with one attached hydrogen (secondary N) is 1. The summed E-state index contributed by atoms with van der Waals surface area (Å²) in [5.41, 5.74) is 0.479. The van der Waals surface area contributed by atoms with Gasteiger partial charge in [-0.3, -0.25) is 4.79 Å². The summed E-state index contributed by atoms with van der Waals surface area (Å²) in [6.07, 6.45) is 6.16. The van der Waals surface area contributed by atoms with Gasteiger partial charge in [-0.2, -0.15) is 10.2 Å². The Labute approximate surface area is 93.9 Å². The molecule has 2 N–H and O–H groups in total. The highest BCUT2D eigenvalue weighted by atomic mass is 16.3. The summed E-state index contributed by atoms with van der Waals surface area (Å²) >= 11 is 0. The van der Waals surface area contributed by atoms with Gasteiger partial charge in [0.1, 0.15) is 0 Å². The monoisotopic (exact) mass is 221 g/mol. The Bertz CT molecular complexity index is 356. The number of aromatic nitrogens is 2. The first-order valence-corrected chi connectivity index (χ1v) is 5.53. The lowest BCUT2D eigenvalue weighted by atomic mass is 9.92. The van der Waals surface area contributed by atoms with Gasteiger partial charge in [0.2, 0.25) is 0 Å². The van der Waals surface area contributed by atoms with Crippen LogP contribution in [0.4, 0.5) is 0 Å². The molecule has 1 amide bonds. The predicted molar refractivity (Wildman–Crippen MR) is 57.8 cm³/mol. The summed E-state index contributed by atoms with van der Waals surface area (Å²) < 4.78 is 0. The van der Waals surface area contributed by atoms with Gasteiger partial charge in [0.25, 0.3) is 5.91 Å². The molecule has 1 aromatic heterocycles. The fraction of sp³-hybridized carbons (Fsp3) is 0.545. The molecule has 1 aliphatic rings. The molecule has 1 aromatic rings. The summed E-state index contributed by atoms with van der Waals surface area (Å²) in [4.78, 5) is 11.8. The van der Waals surface area contributed by atoms with Crippen molar-refractivity contribution in [2.45, 2.75) is 37.8 Å². The highest BCUT2D eigenvalue weighted by Gasteiger charge is 2.24. The van der Waals surface area contributed by atoms with Crippen molar-refractivity contribution < 1.29 is 9.90 Å². The van der Waals surface area contributed by atoms with E-state index in [2.05, 4.69) is 15.5 Å². The van der Waals surface area contributed by atoms with Crippen molar-refractivity contribution in [3.63, 3.8) is 0 Å². The van der Waals surface area contributed by atoms with Gasteiger partial charge in [-0.1, -0.05) is 12.8 Å². The molecular formula is C11H15N3O2. The first kappa shape index (κ1) is 11.0. The summed E-state index contributed by atoms with van der Waals surface area (Å²) in [6, 6.07) is 1.48. The molecule has 1 heterocycles. The maximum Gasteiger partial charge on any atom is 0.253 e. The zero-order chi connectivity index (χ0) is 11.4. The van der Waals surface area contributed by atoms with Crippen LogP contribution in [0.15, 0.2) is 18.5 Å². The summed E-state index contributed by atoms with van der Waals surface area (Å²) in [5, 5.41) is 19.8. The second kappa shape index (κ2) is 5.03. The van der Waals surface area contributed by atoms with Crippen molar-refractivity contribution in [3.8, 4) is 0 Å². The lowest BCUT2D eigenvalue weighted by Crippen LogP contribution is -2.45. The molecule has 0 aromatic carbocycles. The number of hydrogen-bond acceptors (Lipinski definition) is 4. The minimum absolute atomic E-state index is 0.130. The number of hydrogen-bond donors (Lipinski definition) is 2. The van der Waals surface area contributed by atoms with E-state index < -0.39 is 6.10 Å². The van der Waals surface area contributed by atoms with Crippen molar-refractivity contribution in [3.05, 3.63) is 24.0 Å². The van der Waals surface area contributed by atoms with Gasteiger partial charge in [-0.25, -0.2) is 0 Å². The predicted octanol–water partition coefficient (Wildman–Crippen LogP) is 0.510. The highest BCUT2D eigenvalue weighted by molar-refractivity contribution is 5.93. The normalized spacial score (nSPS) is 25.1. The van der Waals surface area contributed by atoms with Crippen molar-refractivity contribution >= 4 is 5.91 Å². The zero-order valence-corrected chi connectivity index (χ0v) is 8.97. The first-order valence-electron chi connectivity index (χ1n) is 5.53. The van der Waals surface area contributed by atoms with Crippen LogP contribution < -0.4 is 5.32 Å². The Hall–Kier alpha value is -1.49. The first-order chi connectivity index (χ1) is 7.77. The molecular weight excluding hydrogens is 206 g/mol. The van der Waals surface area contributed by atoms with Crippen molar-refractivity contribution in [1.29, 1.82) is 0 Å². The lowest BCUT2D eigenvalue weighted by Gasteiger charge is -2.28. The number of carbonyl (C=O) groups excluding carboxylic acids is 1. The van der Waals surface area contributed by atoms with Crippen molar-refractivity contribution in [2.75, 3.05) is 0 Å². The maximum atomic E-state index is 11.8. The van der Waals surface area contributed by atoms with Crippen LogP contribution >= 0.6 is 0 Å². The standard InChI is InChI=1S/C11H15N3O2/c15-10-4-2-1-3-9(10)14-11(16)8-5-6-12-13-7-8/h5-7,9-10,15H,1-4H2,(H,14,16)/t9-,10-/m1/s1. The maximum absolute atomic E-state index is 11.8. The van der Waals surface area contributed by atoms with Gasteiger partial charge in [0.15, 0.2) is 0 Å². The average Bonchev–Trinajstić information content (AvgIpc) is 2.33. The van der Waals surface area contributed by atoms with E-state index in [1.165, 1.54) is 12.4 Å². The van der Waals surface area contributed by atoms with Gasteiger partial charge < -0.3 is 10.4 Å². The smallest absolute Gasteiger partial charge is 0.253 e. The number of amides is 1. The van der Waals surface area contributed by atoms with Crippen LogP contribution in [0.3, 0.4) is 0 Å². The third kappa shape index (κ3) is 2.55. The van der Waals surface area contributed by atoms with Crippen LogP contribution in [0.5, 0.6) is 0 Å². The summed E-state index contributed by atoms with van der Waals surface area (Å²) in [6.45, 7) is 0. The van der Waals surface area contributed by atoms with Crippen LogP contribution in [0.2, 0.25) is 0 Å². The quantitative estimate of drug-likeness (QED) is 0.763. The van der Waals surface area contributed by atoms with Gasteiger partial charge in [0.05, 0.1) is 30.1 Å². The zero-order valence-electron chi connectivity index (χ0n) is 8.97. The molecule has 2 atom stereocenters. The van der Waals surface area contributed by atoms with Crippen molar-refractivity contribution in [2.24, 2.45) is 0 Å². The Balaban J connectivity index is 1.96. The van der Waals surface area contributed by atoms with Crippen LogP contribution in [-0.4, -0.2) is 33.4 Å². The number of nitrogens with zero attached hydrogens (tertiary/aromatic N) is 2. The largest absolute Gasteiger partial charge is 0.391 e. The minimum atomic E-state index is -0.424. The molecule has 86 valence electrons. The van der Waals surface area contributed by atoms with E-state index in [0.29, 0.717) is 5.56 Å². The van der Waals surface area contributed by atoms with Gasteiger partial charge in [-0.15, -0.1) is 0 Å². The topological polar surface area (TPSA) is 75.1 Å². The molecule has 0 aliphatic heterocycles. The Morgan fingerprint density at radius 3 is 2.88 bits per heavy atom. The molecule has 5 nitrogen and oxygen atoms in total. The molecule has 1 fully saturated rings. The molecule has 0 saturated heterocycles. The van der Waals surface area contributed by atoms with Crippen molar-refractivity contribution in [1.82, 2.24) is 15.5 Å². The van der Waals surface area contributed by atoms with Crippen LogP contribution in [0.1, 0.15) is 36.0 Å². The third-order valence-electron chi connectivity index (χ3n) is 2.89. The number of carbonyl (C=O) groups is 1. The molecule has 0 unspecified atom stereocenters. The summed E-state index contributed by atoms with van der Waals surface area (Å²) in [5.74, 6) is -0.194.